The molecule has 1 rings (SSSR count). The first-order chi connectivity index (χ1) is 12.2. The highest BCUT2D eigenvalue weighted by Gasteiger charge is 2.10. The minimum Gasteiger partial charge on any atom is -0.493 e. The van der Waals surface area contributed by atoms with Crippen molar-refractivity contribution in [3.05, 3.63) is 29.3 Å². The summed E-state index contributed by atoms with van der Waals surface area (Å²) in [4.78, 5) is 12.1. The van der Waals surface area contributed by atoms with Crippen LogP contribution in [0.4, 0.5) is 0 Å². The van der Waals surface area contributed by atoms with Crippen LogP contribution in [0, 0.1) is 11.3 Å². The summed E-state index contributed by atoms with van der Waals surface area (Å²) in [6.07, 6.45) is 3.13. The molecule has 0 saturated heterocycles. The number of hydrogen-bond acceptors (Lipinski definition) is 5. The van der Waals surface area contributed by atoms with Gasteiger partial charge in [-0.15, -0.1) is 0 Å². The molecule has 0 saturated carbocycles. The summed E-state index contributed by atoms with van der Waals surface area (Å²) in [7, 11) is 1.55. The fourth-order valence-electron chi connectivity index (χ4n) is 2.04. The van der Waals surface area contributed by atoms with Gasteiger partial charge in [-0.1, -0.05) is 13.0 Å². The molecule has 0 atom stereocenters. The predicted molar refractivity (Wildman–Crippen MR) is 96.5 cm³/mol. The molecular weight excluding hydrogens is 320 g/mol. The van der Waals surface area contributed by atoms with Crippen LogP contribution in [0.3, 0.4) is 0 Å². The molecule has 0 aliphatic heterocycles. The number of nitrogens with zero attached hydrogens (tertiary/aromatic N) is 1. The van der Waals surface area contributed by atoms with E-state index in [1.807, 2.05) is 19.9 Å². The summed E-state index contributed by atoms with van der Waals surface area (Å²) in [6, 6.07) is 7.23. The average Bonchev–Trinajstić information content (AvgIpc) is 2.64. The van der Waals surface area contributed by atoms with Crippen LogP contribution in [-0.2, 0) is 9.53 Å². The largest absolute Gasteiger partial charge is 0.493 e. The van der Waals surface area contributed by atoms with Crippen LogP contribution in [-0.4, -0.2) is 39.4 Å². The average molecular weight is 346 g/mol. The number of benzene rings is 1. The Morgan fingerprint density at radius 1 is 1.28 bits per heavy atom. The maximum Gasteiger partial charge on any atom is 0.261 e. The van der Waals surface area contributed by atoms with Crippen molar-refractivity contribution in [2.75, 3.05) is 33.5 Å². The number of carbonyl (C=O) groups is 1. The number of ether oxygens (including phenoxy) is 3. The number of amides is 1. The molecule has 25 heavy (non-hydrogen) atoms. The summed E-state index contributed by atoms with van der Waals surface area (Å²) in [5.74, 6) is 0.807. The van der Waals surface area contributed by atoms with Gasteiger partial charge in [0.15, 0.2) is 11.5 Å². The van der Waals surface area contributed by atoms with E-state index in [2.05, 4.69) is 5.32 Å². The molecular formula is C19H26N2O4. The zero-order valence-electron chi connectivity index (χ0n) is 15.1. The van der Waals surface area contributed by atoms with Crippen LogP contribution < -0.4 is 14.8 Å². The fraction of sp³-hybridized carbons (Fsp3) is 0.474. The van der Waals surface area contributed by atoms with Crippen molar-refractivity contribution in [3.63, 3.8) is 0 Å². The summed E-state index contributed by atoms with van der Waals surface area (Å²) >= 11 is 0. The normalized spacial score (nSPS) is 10.9. The first kappa shape index (κ1) is 20.5. The van der Waals surface area contributed by atoms with Crippen molar-refractivity contribution in [1.82, 2.24) is 5.32 Å². The lowest BCUT2D eigenvalue weighted by atomic mass is 10.1. The highest BCUT2D eigenvalue weighted by atomic mass is 16.5. The Morgan fingerprint density at radius 3 is 2.72 bits per heavy atom. The number of carbonyl (C=O) groups excluding carboxylic acids is 1. The van der Waals surface area contributed by atoms with E-state index in [1.54, 1.807) is 25.3 Å². The topological polar surface area (TPSA) is 80.6 Å². The third-order valence-electron chi connectivity index (χ3n) is 3.28. The number of rotatable bonds is 11. The number of nitriles is 1. The zero-order valence-corrected chi connectivity index (χ0v) is 15.1. The van der Waals surface area contributed by atoms with E-state index in [1.165, 1.54) is 6.08 Å². The first-order valence-corrected chi connectivity index (χ1v) is 8.44. The van der Waals surface area contributed by atoms with Gasteiger partial charge < -0.3 is 19.5 Å². The highest BCUT2D eigenvalue weighted by molar-refractivity contribution is 6.01. The minimum absolute atomic E-state index is 0.0423. The summed E-state index contributed by atoms with van der Waals surface area (Å²) in [5, 5.41) is 12.0. The second kappa shape index (κ2) is 11.9. The van der Waals surface area contributed by atoms with Crippen LogP contribution in [0.2, 0.25) is 0 Å². The molecule has 1 aromatic rings. The molecule has 0 aromatic heterocycles. The van der Waals surface area contributed by atoms with E-state index >= 15 is 0 Å². The van der Waals surface area contributed by atoms with E-state index < -0.39 is 5.91 Å². The lowest BCUT2D eigenvalue weighted by Gasteiger charge is -2.10. The van der Waals surface area contributed by atoms with Crippen LogP contribution in [0.15, 0.2) is 23.8 Å². The summed E-state index contributed by atoms with van der Waals surface area (Å²) < 4.78 is 16.1. The molecule has 0 fully saturated rings. The van der Waals surface area contributed by atoms with Crippen molar-refractivity contribution in [2.24, 2.45) is 0 Å². The standard InChI is InChI=1S/C19H26N2O4/c1-4-10-25-17-8-7-15(13-18(17)23-3)12-16(14-20)19(22)21-9-6-11-24-5-2/h7-8,12-13H,4-6,9-11H2,1-3H3,(H,21,22)/b16-12+. The second-order valence-electron chi connectivity index (χ2n) is 5.23. The van der Waals surface area contributed by atoms with Crippen molar-refractivity contribution < 1.29 is 19.0 Å². The SMILES string of the molecule is CCCOc1ccc(/C=C(\C#N)C(=O)NCCCOCC)cc1OC. The number of nitrogens with one attached hydrogen (secondary N) is 1. The van der Waals surface area contributed by atoms with Gasteiger partial charge in [0, 0.05) is 19.8 Å². The molecule has 0 unspecified atom stereocenters. The Kier molecular flexibility index (Phi) is 9.79. The molecule has 0 spiro atoms. The predicted octanol–water partition coefficient (Wildman–Crippen LogP) is 2.93. The Labute approximate surface area is 149 Å². The maximum absolute atomic E-state index is 12.1. The summed E-state index contributed by atoms with van der Waals surface area (Å²) in [5.41, 5.74) is 0.738. The molecule has 1 aromatic carbocycles. The lowest BCUT2D eigenvalue weighted by Crippen LogP contribution is -2.26. The van der Waals surface area contributed by atoms with E-state index in [0.717, 1.165) is 6.42 Å². The van der Waals surface area contributed by atoms with Crippen LogP contribution in [0.5, 0.6) is 11.5 Å². The second-order valence-corrected chi connectivity index (χ2v) is 5.23. The Bertz CT molecular complexity index is 620. The van der Waals surface area contributed by atoms with Gasteiger partial charge in [0.05, 0.1) is 13.7 Å². The van der Waals surface area contributed by atoms with E-state index in [0.29, 0.717) is 49.8 Å². The quantitative estimate of drug-likeness (QED) is 0.378. The molecule has 0 aliphatic rings. The Hall–Kier alpha value is -2.52. The van der Waals surface area contributed by atoms with E-state index in [-0.39, 0.29) is 5.57 Å². The maximum atomic E-state index is 12.1. The van der Waals surface area contributed by atoms with Gasteiger partial charge in [0.1, 0.15) is 11.6 Å². The van der Waals surface area contributed by atoms with Gasteiger partial charge in [0.25, 0.3) is 5.91 Å². The Balaban J connectivity index is 2.76. The van der Waals surface area contributed by atoms with Gasteiger partial charge in [-0.25, -0.2) is 0 Å². The van der Waals surface area contributed by atoms with Gasteiger partial charge in [-0.3, -0.25) is 4.79 Å². The first-order valence-electron chi connectivity index (χ1n) is 8.44. The Morgan fingerprint density at radius 2 is 2.08 bits per heavy atom. The van der Waals surface area contributed by atoms with Crippen molar-refractivity contribution in [1.29, 1.82) is 5.26 Å². The number of hydrogen-bond donors (Lipinski definition) is 1. The monoisotopic (exact) mass is 346 g/mol. The molecule has 6 nitrogen and oxygen atoms in total. The fourth-order valence-corrected chi connectivity index (χ4v) is 2.04. The molecule has 0 radical (unpaired) electrons. The van der Waals surface area contributed by atoms with E-state index in [9.17, 15) is 10.1 Å². The molecule has 136 valence electrons. The minimum atomic E-state index is -0.399. The van der Waals surface area contributed by atoms with Gasteiger partial charge in [-0.05, 0) is 43.5 Å². The zero-order chi connectivity index (χ0) is 18.5. The van der Waals surface area contributed by atoms with Crippen LogP contribution in [0.25, 0.3) is 6.08 Å². The van der Waals surface area contributed by atoms with Gasteiger partial charge >= 0.3 is 0 Å². The number of methoxy groups -OCH3 is 1. The summed E-state index contributed by atoms with van der Waals surface area (Å²) in [6.45, 7) is 6.23. The third-order valence-corrected chi connectivity index (χ3v) is 3.28. The van der Waals surface area contributed by atoms with Gasteiger partial charge in [0.2, 0.25) is 0 Å². The molecule has 1 amide bonds. The van der Waals surface area contributed by atoms with Crippen LogP contribution in [0.1, 0.15) is 32.3 Å². The van der Waals surface area contributed by atoms with Crippen molar-refractivity contribution in [2.45, 2.75) is 26.7 Å². The van der Waals surface area contributed by atoms with E-state index in [4.69, 9.17) is 14.2 Å². The van der Waals surface area contributed by atoms with Crippen molar-refractivity contribution in [3.8, 4) is 17.6 Å². The van der Waals surface area contributed by atoms with Crippen molar-refractivity contribution >= 4 is 12.0 Å². The molecule has 0 bridgehead atoms. The lowest BCUT2D eigenvalue weighted by molar-refractivity contribution is -0.117. The smallest absolute Gasteiger partial charge is 0.261 e. The highest BCUT2D eigenvalue weighted by Crippen LogP contribution is 2.29. The molecule has 1 N–H and O–H groups in total. The van der Waals surface area contributed by atoms with Gasteiger partial charge in [-0.2, -0.15) is 5.26 Å². The van der Waals surface area contributed by atoms with Crippen LogP contribution >= 0.6 is 0 Å². The molecule has 6 heteroatoms. The molecule has 0 aliphatic carbocycles. The molecule has 0 heterocycles. The third kappa shape index (κ3) is 7.27.